The fourth-order valence-electron chi connectivity index (χ4n) is 3.88. The summed E-state index contributed by atoms with van der Waals surface area (Å²) >= 11 is 6.14. The molecule has 1 N–H and O–H groups in total. The SMILES string of the molecule is CN1CCN(c2cc(CNC(=O)c3ccc(Cl)cc3N3CCCC3=O)ccn2)CC1. The van der Waals surface area contributed by atoms with Crippen molar-refractivity contribution < 1.29 is 9.59 Å². The number of rotatable bonds is 5. The molecule has 1 aromatic heterocycles. The van der Waals surface area contributed by atoms with Gasteiger partial charge in [-0.15, -0.1) is 0 Å². The lowest BCUT2D eigenvalue weighted by Crippen LogP contribution is -2.44. The second-order valence-electron chi connectivity index (χ2n) is 7.81. The van der Waals surface area contributed by atoms with Gasteiger partial charge in [0, 0.05) is 56.9 Å². The van der Waals surface area contributed by atoms with Crippen LogP contribution in [-0.4, -0.2) is 61.5 Å². The molecule has 7 nitrogen and oxygen atoms in total. The fraction of sp³-hybridized carbons (Fsp3) is 0.409. The molecule has 2 fully saturated rings. The average molecular weight is 428 g/mol. The summed E-state index contributed by atoms with van der Waals surface area (Å²) in [5.74, 6) is 0.737. The molecule has 2 aliphatic rings. The van der Waals surface area contributed by atoms with Gasteiger partial charge in [0.25, 0.3) is 5.91 Å². The van der Waals surface area contributed by atoms with E-state index in [9.17, 15) is 9.59 Å². The number of carbonyl (C=O) groups is 2. The molecule has 3 heterocycles. The van der Waals surface area contributed by atoms with Crippen molar-refractivity contribution in [2.24, 2.45) is 0 Å². The highest BCUT2D eigenvalue weighted by Crippen LogP contribution is 2.28. The van der Waals surface area contributed by atoms with Gasteiger partial charge in [-0.1, -0.05) is 11.6 Å². The van der Waals surface area contributed by atoms with E-state index in [1.807, 2.05) is 12.1 Å². The van der Waals surface area contributed by atoms with Gasteiger partial charge >= 0.3 is 0 Å². The topological polar surface area (TPSA) is 68.8 Å². The molecule has 4 rings (SSSR count). The predicted octanol–water partition coefficient (Wildman–Crippen LogP) is 2.54. The standard InChI is InChI=1S/C22H26ClN5O2/c1-26-9-11-27(12-10-26)20-13-16(6-7-24-20)15-25-22(30)18-5-4-17(23)14-19(18)28-8-2-3-21(28)29/h4-7,13-14H,2-3,8-12,15H2,1H3,(H,25,30). The number of piperazine rings is 1. The highest BCUT2D eigenvalue weighted by molar-refractivity contribution is 6.31. The predicted molar refractivity (Wildman–Crippen MR) is 118 cm³/mol. The first-order valence-electron chi connectivity index (χ1n) is 10.3. The highest BCUT2D eigenvalue weighted by atomic mass is 35.5. The average Bonchev–Trinajstić information content (AvgIpc) is 3.18. The quantitative estimate of drug-likeness (QED) is 0.794. The van der Waals surface area contributed by atoms with Crippen LogP contribution in [0.3, 0.4) is 0 Å². The van der Waals surface area contributed by atoms with Crippen molar-refractivity contribution >= 4 is 34.9 Å². The van der Waals surface area contributed by atoms with Crippen molar-refractivity contribution in [2.45, 2.75) is 19.4 Å². The molecule has 0 unspecified atom stereocenters. The summed E-state index contributed by atoms with van der Waals surface area (Å²) in [6.07, 6.45) is 3.07. The summed E-state index contributed by atoms with van der Waals surface area (Å²) in [7, 11) is 2.12. The molecule has 0 aliphatic carbocycles. The number of carbonyl (C=O) groups excluding carboxylic acids is 2. The Kier molecular flexibility index (Phi) is 6.20. The monoisotopic (exact) mass is 427 g/mol. The Hall–Kier alpha value is -2.64. The van der Waals surface area contributed by atoms with Gasteiger partial charge in [-0.2, -0.15) is 0 Å². The van der Waals surface area contributed by atoms with Crippen molar-refractivity contribution in [2.75, 3.05) is 49.6 Å². The first kappa shape index (κ1) is 20.6. The molecule has 1 aromatic carbocycles. The minimum absolute atomic E-state index is 0.0252. The molecule has 0 bridgehead atoms. The summed E-state index contributed by atoms with van der Waals surface area (Å²) < 4.78 is 0. The van der Waals surface area contributed by atoms with Crippen molar-refractivity contribution in [1.29, 1.82) is 0 Å². The van der Waals surface area contributed by atoms with E-state index in [0.29, 0.717) is 35.8 Å². The van der Waals surface area contributed by atoms with Crippen LogP contribution in [0.1, 0.15) is 28.8 Å². The number of hydrogen-bond donors (Lipinski definition) is 1. The Bertz CT molecular complexity index is 943. The van der Waals surface area contributed by atoms with Crippen LogP contribution in [0.15, 0.2) is 36.5 Å². The van der Waals surface area contributed by atoms with Crippen molar-refractivity contribution in [1.82, 2.24) is 15.2 Å². The number of nitrogens with one attached hydrogen (secondary N) is 1. The number of benzene rings is 1. The molecule has 2 aromatic rings. The number of halogens is 1. The summed E-state index contributed by atoms with van der Waals surface area (Å²) in [6, 6.07) is 8.99. The molecule has 158 valence electrons. The number of pyridine rings is 1. The largest absolute Gasteiger partial charge is 0.354 e. The van der Waals surface area contributed by atoms with E-state index in [2.05, 4.69) is 27.1 Å². The van der Waals surface area contributed by atoms with Gasteiger partial charge in [-0.3, -0.25) is 9.59 Å². The van der Waals surface area contributed by atoms with E-state index < -0.39 is 0 Å². The Morgan fingerprint density at radius 3 is 2.67 bits per heavy atom. The molecule has 30 heavy (non-hydrogen) atoms. The lowest BCUT2D eigenvalue weighted by Gasteiger charge is -2.33. The van der Waals surface area contributed by atoms with Crippen molar-refractivity contribution in [3.8, 4) is 0 Å². The minimum atomic E-state index is -0.223. The summed E-state index contributed by atoms with van der Waals surface area (Å²) in [5, 5.41) is 3.48. The van der Waals surface area contributed by atoms with Crippen LogP contribution in [0.25, 0.3) is 0 Å². The number of nitrogens with zero attached hydrogens (tertiary/aromatic N) is 4. The number of hydrogen-bond acceptors (Lipinski definition) is 5. The maximum atomic E-state index is 12.9. The van der Waals surface area contributed by atoms with Crippen LogP contribution >= 0.6 is 11.6 Å². The van der Waals surface area contributed by atoms with E-state index in [0.717, 1.165) is 44.0 Å². The number of aromatic nitrogens is 1. The van der Waals surface area contributed by atoms with E-state index in [4.69, 9.17) is 11.6 Å². The molecule has 0 saturated carbocycles. The maximum absolute atomic E-state index is 12.9. The smallest absolute Gasteiger partial charge is 0.253 e. The first-order valence-corrected chi connectivity index (χ1v) is 10.7. The Labute approximate surface area is 181 Å². The minimum Gasteiger partial charge on any atom is -0.354 e. The van der Waals surface area contributed by atoms with Crippen LogP contribution in [0, 0.1) is 0 Å². The van der Waals surface area contributed by atoms with Crippen molar-refractivity contribution in [3.05, 3.63) is 52.7 Å². The molecule has 2 saturated heterocycles. The first-order chi connectivity index (χ1) is 14.5. The number of amides is 2. The van der Waals surface area contributed by atoms with Crippen LogP contribution in [0.2, 0.25) is 5.02 Å². The molecule has 2 amide bonds. The zero-order chi connectivity index (χ0) is 21.1. The van der Waals surface area contributed by atoms with Gasteiger partial charge in [0.05, 0.1) is 11.3 Å². The molecular formula is C22H26ClN5O2. The molecule has 0 atom stereocenters. The molecule has 0 spiro atoms. The third-order valence-corrected chi connectivity index (χ3v) is 5.89. The van der Waals surface area contributed by atoms with Gasteiger partial charge in [0.2, 0.25) is 5.91 Å². The summed E-state index contributed by atoms with van der Waals surface area (Å²) in [4.78, 5) is 35.8. The van der Waals surface area contributed by atoms with Gasteiger partial charge in [-0.05, 0) is 49.4 Å². The molecule has 2 aliphatic heterocycles. The Morgan fingerprint density at radius 2 is 1.93 bits per heavy atom. The zero-order valence-electron chi connectivity index (χ0n) is 17.1. The van der Waals surface area contributed by atoms with Gasteiger partial charge in [0.1, 0.15) is 5.82 Å². The molecule has 8 heteroatoms. The van der Waals surface area contributed by atoms with Crippen LogP contribution in [-0.2, 0) is 11.3 Å². The maximum Gasteiger partial charge on any atom is 0.253 e. The highest BCUT2D eigenvalue weighted by Gasteiger charge is 2.26. The zero-order valence-corrected chi connectivity index (χ0v) is 17.9. The summed E-state index contributed by atoms with van der Waals surface area (Å²) in [5.41, 5.74) is 2.03. The Morgan fingerprint density at radius 1 is 1.13 bits per heavy atom. The van der Waals surface area contributed by atoms with E-state index in [-0.39, 0.29) is 11.8 Å². The summed E-state index contributed by atoms with van der Waals surface area (Å²) in [6.45, 7) is 4.90. The second-order valence-corrected chi connectivity index (χ2v) is 8.24. The van der Waals surface area contributed by atoms with Crippen molar-refractivity contribution in [3.63, 3.8) is 0 Å². The number of anilines is 2. The van der Waals surface area contributed by atoms with E-state index in [1.165, 1.54) is 0 Å². The molecule has 0 radical (unpaired) electrons. The number of likely N-dealkylation sites (N-methyl/N-ethyl adjacent to an activating group) is 1. The van der Waals surface area contributed by atoms with Crippen LogP contribution in [0.5, 0.6) is 0 Å². The van der Waals surface area contributed by atoms with Gasteiger partial charge < -0.3 is 20.0 Å². The van der Waals surface area contributed by atoms with Gasteiger partial charge in [-0.25, -0.2) is 4.98 Å². The van der Waals surface area contributed by atoms with Crippen LogP contribution < -0.4 is 15.1 Å². The normalized spacial score (nSPS) is 17.5. The lowest BCUT2D eigenvalue weighted by atomic mass is 10.1. The molecular weight excluding hydrogens is 402 g/mol. The fourth-order valence-corrected chi connectivity index (χ4v) is 4.05. The van der Waals surface area contributed by atoms with Crippen LogP contribution in [0.4, 0.5) is 11.5 Å². The lowest BCUT2D eigenvalue weighted by molar-refractivity contribution is -0.117. The van der Waals surface area contributed by atoms with E-state index in [1.54, 1.807) is 29.3 Å². The second kappa shape index (κ2) is 9.02. The van der Waals surface area contributed by atoms with E-state index >= 15 is 0 Å². The Balaban J connectivity index is 1.45. The third kappa shape index (κ3) is 4.57. The third-order valence-electron chi connectivity index (χ3n) is 5.66. The van der Waals surface area contributed by atoms with Gasteiger partial charge in [0.15, 0.2) is 0 Å².